The lowest BCUT2D eigenvalue weighted by molar-refractivity contribution is 0.173. The molecule has 0 aliphatic carbocycles. The molecule has 106 valence electrons. The zero-order valence-corrected chi connectivity index (χ0v) is 11.7. The molecule has 0 amide bonds. The molecule has 1 aliphatic heterocycles. The lowest BCUT2D eigenvalue weighted by Crippen LogP contribution is -2.40. The van der Waals surface area contributed by atoms with E-state index in [0.717, 1.165) is 25.2 Å². The molecule has 0 spiro atoms. The molecule has 1 aromatic carbocycles. The van der Waals surface area contributed by atoms with Gasteiger partial charge >= 0.3 is 0 Å². The second-order valence-electron chi connectivity index (χ2n) is 5.22. The highest BCUT2D eigenvalue weighted by atomic mass is 16.5. The molecular weight excluding hydrogens is 252 g/mol. The number of piperidine rings is 1. The molecule has 0 bridgehead atoms. The van der Waals surface area contributed by atoms with Crippen LogP contribution in [0.25, 0.3) is 11.4 Å². The van der Waals surface area contributed by atoms with Crippen molar-refractivity contribution in [3.05, 3.63) is 36.2 Å². The van der Waals surface area contributed by atoms with Gasteiger partial charge < -0.3 is 9.84 Å². The number of aromatic nitrogens is 2. The van der Waals surface area contributed by atoms with E-state index in [1.165, 1.54) is 12.8 Å². The van der Waals surface area contributed by atoms with Crippen LogP contribution in [0.15, 0.2) is 34.9 Å². The van der Waals surface area contributed by atoms with Crippen molar-refractivity contribution >= 4 is 0 Å². The van der Waals surface area contributed by atoms with Crippen LogP contribution in [-0.4, -0.2) is 41.2 Å². The van der Waals surface area contributed by atoms with Gasteiger partial charge in [-0.1, -0.05) is 35.5 Å². The monoisotopic (exact) mass is 272 g/mol. The van der Waals surface area contributed by atoms with Crippen molar-refractivity contribution in [1.82, 2.24) is 20.4 Å². The van der Waals surface area contributed by atoms with Crippen molar-refractivity contribution in [1.29, 1.82) is 0 Å². The molecule has 1 saturated heterocycles. The van der Waals surface area contributed by atoms with Crippen molar-refractivity contribution in [3.63, 3.8) is 0 Å². The van der Waals surface area contributed by atoms with Gasteiger partial charge in [0.25, 0.3) is 0 Å². The third-order valence-electron chi connectivity index (χ3n) is 3.85. The van der Waals surface area contributed by atoms with Gasteiger partial charge in [-0.05, 0) is 19.9 Å². The molecule has 0 atom stereocenters. The van der Waals surface area contributed by atoms with E-state index in [2.05, 4.69) is 20.4 Å². The van der Waals surface area contributed by atoms with Crippen LogP contribution in [0.4, 0.5) is 0 Å². The highest BCUT2D eigenvalue weighted by molar-refractivity contribution is 5.53. The van der Waals surface area contributed by atoms with Crippen LogP contribution in [0.2, 0.25) is 0 Å². The first-order chi connectivity index (χ1) is 9.85. The molecule has 0 saturated carbocycles. The molecule has 1 aromatic heterocycles. The van der Waals surface area contributed by atoms with Crippen molar-refractivity contribution in [3.8, 4) is 11.4 Å². The highest BCUT2D eigenvalue weighted by Gasteiger charge is 2.19. The molecule has 1 fully saturated rings. The molecule has 2 aromatic rings. The molecule has 1 N–H and O–H groups in total. The van der Waals surface area contributed by atoms with Crippen molar-refractivity contribution in [2.75, 3.05) is 20.1 Å². The van der Waals surface area contributed by atoms with E-state index in [1.54, 1.807) is 0 Å². The summed E-state index contributed by atoms with van der Waals surface area (Å²) in [6.07, 6.45) is 2.35. The minimum absolute atomic E-state index is 0.647. The Kier molecular flexibility index (Phi) is 4.08. The van der Waals surface area contributed by atoms with Crippen LogP contribution in [0, 0.1) is 0 Å². The molecule has 5 heteroatoms. The number of benzene rings is 1. The second-order valence-corrected chi connectivity index (χ2v) is 5.22. The fourth-order valence-electron chi connectivity index (χ4n) is 2.59. The Bertz CT molecular complexity index is 532. The summed E-state index contributed by atoms with van der Waals surface area (Å²) in [5.41, 5.74) is 0.997. The standard InChI is InChI=1S/C15H20N4O/c1-16-13-7-9-19(10-8-13)11-14-17-15(18-20-14)12-5-3-2-4-6-12/h2-6,13,16H,7-11H2,1H3. The van der Waals surface area contributed by atoms with Gasteiger partial charge in [0, 0.05) is 24.7 Å². The van der Waals surface area contributed by atoms with E-state index >= 15 is 0 Å². The maximum atomic E-state index is 5.36. The number of likely N-dealkylation sites (tertiary alicyclic amines) is 1. The van der Waals surface area contributed by atoms with Crippen molar-refractivity contribution in [2.24, 2.45) is 0 Å². The number of hydrogen-bond donors (Lipinski definition) is 1. The zero-order chi connectivity index (χ0) is 13.8. The lowest BCUT2D eigenvalue weighted by Gasteiger charge is -2.30. The van der Waals surface area contributed by atoms with E-state index in [4.69, 9.17) is 4.52 Å². The van der Waals surface area contributed by atoms with Gasteiger partial charge in [0.05, 0.1) is 6.54 Å². The van der Waals surface area contributed by atoms with Crippen molar-refractivity contribution in [2.45, 2.75) is 25.4 Å². The molecule has 5 nitrogen and oxygen atoms in total. The first-order valence-corrected chi connectivity index (χ1v) is 7.13. The van der Waals surface area contributed by atoms with E-state index in [1.807, 2.05) is 37.4 Å². The lowest BCUT2D eigenvalue weighted by atomic mass is 10.1. The molecule has 3 rings (SSSR count). The first kappa shape index (κ1) is 13.3. The predicted octanol–water partition coefficient (Wildman–Crippen LogP) is 1.92. The topological polar surface area (TPSA) is 54.2 Å². The fraction of sp³-hybridized carbons (Fsp3) is 0.467. The van der Waals surface area contributed by atoms with Crippen molar-refractivity contribution < 1.29 is 4.52 Å². The number of nitrogens with zero attached hydrogens (tertiary/aromatic N) is 3. The summed E-state index contributed by atoms with van der Waals surface area (Å²) in [6.45, 7) is 2.90. The van der Waals surface area contributed by atoms with E-state index in [-0.39, 0.29) is 0 Å². The average molecular weight is 272 g/mol. The molecule has 2 heterocycles. The smallest absolute Gasteiger partial charge is 0.241 e. The van der Waals surface area contributed by atoms with Gasteiger partial charge in [0.15, 0.2) is 0 Å². The number of hydrogen-bond acceptors (Lipinski definition) is 5. The van der Waals surface area contributed by atoms with Gasteiger partial charge in [-0.3, -0.25) is 4.90 Å². The van der Waals surface area contributed by atoms with Crippen LogP contribution >= 0.6 is 0 Å². The van der Waals surface area contributed by atoms with E-state index < -0.39 is 0 Å². The summed E-state index contributed by atoms with van der Waals surface area (Å²) in [7, 11) is 2.03. The minimum atomic E-state index is 0.647. The quantitative estimate of drug-likeness (QED) is 0.921. The Morgan fingerprint density at radius 2 is 2.00 bits per heavy atom. The Labute approximate surface area is 119 Å². The number of rotatable bonds is 4. The largest absolute Gasteiger partial charge is 0.338 e. The number of nitrogens with one attached hydrogen (secondary N) is 1. The average Bonchev–Trinajstić information content (AvgIpc) is 2.97. The van der Waals surface area contributed by atoms with Gasteiger partial charge in [-0.25, -0.2) is 0 Å². The van der Waals surface area contributed by atoms with E-state index in [9.17, 15) is 0 Å². The van der Waals surface area contributed by atoms with Gasteiger partial charge in [-0.2, -0.15) is 4.98 Å². The molecule has 0 radical (unpaired) electrons. The second kappa shape index (κ2) is 6.15. The minimum Gasteiger partial charge on any atom is -0.338 e. The zero-order valence-electron chi connectivity index (χ0n) is 11.7. The summed E-state index contributed by atoms with van der Waals surface area (Å²) in [5.74, 6) is 1.37. The molecule has 1 aliphatic rings. The van der Waals surface area contributed by atoms with E-state index in [0.29, 0.717) is 17.8 Å². The Morgan fingerprint density at radius 3 is 2.70 bits per heavy atom. The van der Waals surface area contributed by atoms with Crippen LogP contribution in [-0.2, 0) is 6.54 Å². The summed E-state index contributed by atoms with van der Waals surface area (Å²) in [4.78, 5) is 6.85. The highest BCUT2D eigenvalue weighted by Crippen LogP contribution is 2.17. The third-order valence-corrected chi connectivity index (χ3v) is 3.85. The maximum Gasteiger partial charge on any atom is 0.241 e. The van der Waals surface area contributed by atoms with Gasteiger partial charge in [0.2, 0.25) is 11.7 Å². The Morgan fingerprint density at radius 1 is 1.25 bits per heavy atom. The van der Waals surface area contributed by atoms with Crippen LogP contribution in [0.1, 0.15) is 18.7 Å². The van der Waals surface area contributed by atoms with Crippen LogP contribution < -0.4 is 5.32 Å². The van der Waals surface area contributed by atoms with Crippen LogP contribution in [0.3, 0.4) is 0 Å². The van der Waals surface area contributed by atoms with Gasteiger partial charge in [-0.15, -0.1) is 0 Å². The normalized spacial score (nSPS) is 17.4. The summed E-state index contributed by atoms with van der Waals surface area (Å²) in [6, 6.07) is 10.6. The van der Waals surface area contributed by atoms with Gasteiger partial charge in [0.1, 0.15) is 0 Å². The van der Waals surface area contributed by atoms with Crippen LogP contribution in [0.5, 0.6) is 0 Å². The summed E-state index contributed by atoms with van der Waals surface area (Å²) < 4.78 is 5.36. The predicted molar refractivity (Wildman–Crippen MR) is 77.1 cm³/mol. The molecular formula is C15H20N4O. The fourth-order valence-corrected chi connectivity index (χ4v) is 2.59. The summed E-state index contributed by atoms with van der Waals surface area (Å²) >= 11 is 0. The third kappa shape index (κ3) is 3.05. The Balaban J connectivity index is 1.61. The Hall–Kier alpha value is -1.72. The SMILES string of the molecule is CNC1CCN(Cc2nc(-c3ccccc3)no2)CC1. The molecule has 20 heavy (non-hydrogen) atoms. The first-order valence-electron chi connectivity index (χ1n) is 7.13. The summed E-state index contributed by atoms with van der Waals surface area (Å²) in [5, 5.41) is 7.39. The maximum absolute atomic E-state index is 5.36. The molecule has 0 unspecified atom stereocenters.